The number of anilines is 2. The highest BCUT2D eigenvalue weighted by Crippen LogP contribution is 2.32. The molecule has 0 radical (unpaired) electrons. The van der Waals surface area contributed by atoms with Gasteiger partial charge in [0.15, 0.2) is 0 Å². The van der Waals surface area contributed by atoms with Crippen LogP contribution in [0.25, 0.3) is 0 Å². The Labute approximate surface area is 121 Å². The minimum Gasteiger partial charge on any atom is -0.388 e. The van der Waals surface area contributed by atoms with Gasteiger partial charge in [0.05, 0.1) is 5.60 Å². The lowest BCUT2D eigenvalue weighted by atomic mass is 10.0. The van der Waals surface area contributed by atoms with Crippen LogP contribution in [0.4, 0.5) is 24.8 Å². The van der Waals surface area contributed by atoms with Crippen LogP contribution in [0, 0.1) is 0 Å². The molecule has 1 aliphatic carbocycles. The highest BCUT2D eigenvalue weighted by Gasteiger charge is 2.37. The lowest BCUT2D eigenvalue weighted by Gasteiger charge is -2.29. The van der Waals surface area contributed by atoms with Crippen LogP contribution < -0.4 is 10.2 Å². The molecule has 5 nitrogen and oxygen atoms in total. The van der Waals surface area contributed by atoms with E-state index in [4.69, 9.17) is 0 Å². The van der Waals surface area contributed by atoms with Gasteiger partial charge in [0.25, 0.3) is 0 Å². The number of halogens is 3. The average molecular weight is 304 g/mol. The summed E-state index contributed by atoms with van der Waals surface area (Å²) in [5, 5.41) is 13.0. The Kier molecular flexibility index (Phi) is 4.27. The summed E-state index contributed by atoms with van der Waals surface area (Å²) < 4.78 is 38.4. The predicted octanol–water partition coefficient (Wildman–Crippen LogP) is 2.28. The van der Waals surface area contributed by atoms with E-state index in [1.807, 2.05) is 0 Å². The summed E-state index contributed by atoms with van der Waals surface area (Å²) in [6.45, 7) is 0.254. The van der Waals surface area contributed by atoms with Crippen LogP contribution in [0.2, 0.25) is 0 Å². The zero-order chi connectivity index (χ0) is 15.7. The fraction of sp³-hybridized carbons (Fsp3) is 0.692. The van der Waals surface area contributed by atoms with Crippen LogP contribution in [0.1, 0.15) is 31.5 Å². The molecule has 1 heterocycles. The van der Waals surface area contributed by atoms with Gasteiger partial charge in [0.2, 0.25) is 5.82 Å². The van der Waals surface area contributed by atoms with E-state index >= 15 is 0 Å². The number of nitrogens with one attached hydrogen (secondary N) is 1. The average Bonchev–Trinajstić information content (AvgIpc) is 2.83. The topological polar surface area (TPSA) is 61.3 Å². The Hall–Kier alpha value is -1.57. The number of nitrogens with zero attached hydrogens (tertiary/aromatic N) is 3. The van der Waals surface area contributed by atoms with Crippen LogP contribution >= 0.6 is 0 Å². The second-order valence-electron chi connectivity index (χ2n) is 5.47. The van der Waals surface area contributed by atoms with Gasteiger partial charge >= 0.3 is 6.18 Å². The molecule has 21 heavy (non-hydrogen) atoms. The van der Waals surface area contributed by atoms with Gasteiger partial charge in [-0.05, 0) is 12.8 Å². The summed E-state index contributed by atoms with van der Waals surface area (Å²) in [4.78, 5) is 8.53. The molecule has 118 valence electrons. The van der Waals surface area contributed by atoms with E-state index in [2.05, 4.69) is 15.3 Å². The van der Waals surface area contributed by atoms with Crippen molar-refractivity contribution in [1.82, 2.24) is 9.97 Å². The van der Waals surface area contributed by atoms with E-state index in [0.29, 0.717) is 12.8 Å². The summed E-state index contributed by atoms with van der Waals surface area (Å²) in [6.07, 6.45) is -1.42. The molecule has 0 aliphatic heterocycles. The fourth-order valence-corrected chi connectivity index (χ4v) is 2.60. The van der Waals surface area contributed by atoms with E-state index in [1.165, 1.54) is 13.1 Å². The summed E-state index contributed by atoms with van der Waals surface area (Å²) in [5.41, 5.74) is -0.849. The molecule has 0 spiro atoms. The number of alkyl halides is 3. The number of rotatable bonds is 4. The fourth-order valence-electron chi connectivity index (χ4n) is 2.60. The van der Waals surface area contributed by atoms with Crippen molar-refractivity contribution in [1.29, 1.82) is 0 Å². The van der Waals surface area contributed by atoms with Crippen LogP contribution in [0.3, 0.4) is 0 Å². The summed E-state index contributed by atoms with van der Waals surface area (Å²) in [7, 11) is 3.12. The van der Waals surface area contributed by atoms with Crippen molar-refractivity contribution in [3.05, 3.63) is 11.9 Å². The molecule has 1 aromatic rings. The van der Waals surface area contributed by atoms with E-state index in [1.54, 1.807) is 11.9 Å². The van der Waals surface area contributed by atoms with Crippen molar-refractivity contribution in [3.63, 3.8) is 0 Å². The van der Waals surface area contributed by atoms with Crippen molar-refractivity contribution in [2.24, 2.45) is 0 Å². The van der Waals surface area contributed by atoms with E-state index < -0.39 is 17.6 Å². The SMILES string of the molecule is CNc1cc(N(C)CC2(O)CCCC2)nc(C(F)(F)F)n1. The maximum Gasteiger partial charge on any atom is 0.451 e. The molecule has 2 N–H and O–H groups in total. The first-order valence-electron chi connectivity index (χ1n) is 6.81. The minimum absolute atomic E-state index is 0.0950. The van der Waals surface area contributed by atoms with Gasteiger partial charge in [-0.2, -0.15) is 13.2 Å². The monoisotopic (exact) mass is 304 g/mol. The number of aliphatic hydroxyl groups is 1. The molecule has 0 atom stereocenters. The molecule has 2 rings (SSSR count). The van der Waals surface area contributed by atoms with Gasteiger partial charge in [-0.3, -0.25) is 0 Å². The zero-order valence-electron chi connectivity index (χ0n) is 12.0. The van der Waals surface area contributed by atoms with Crippen molar-refractivity contribution >= 4 is 11.6 Å². The molecule has 0 bridgehead atoms. The summed E-state index contributed by atoms with van der Waals surface area (Å²) in [5.74, 6) is -0.950. The summed E-state index contributed by atoms with van der Waals surface area (Å²) >= 11 is 0. The van der Waals surface area contributed by atoms with Crippen LogP contribution in [0.5, 0.6) is 0 Å². The highest BCUT2D eigenvalue weighted by atomic mass is 19.4. The summed E-state index contributed by atoms with van der Waals surface area (Å²) in [6, 6.07) is 1.44. The molecular weight excluding hydrogens is 285 g/mol. The molecule has 1 aromatic heterocycles. The maximum absolute atomic E-state index is 12.8. The molecule has 1 aliphatic rings. The molecule has 1 fully saturated rings. The lowest BCUT2D eigenvalue weighted by molar-refractivity contribution is -0.144. The van der Waals surface area contributed by atoms with Crippen molar-refractivity contribution in [2.75, 3.05) is 30.9 Å². The first-order chi connectivity index (χ1) is 9.73. The lowest BCUT2D eigenvalue weighted by Crippen LogP contribution is -2.39. The second kappa shape index (κ2) is 5.67. The van der Waals surface area contributed by atoms with Crippen LogP contribution in [-0.4, -0.2) is 41.3 Å². The highest BCUT2D eigenvalue weighted by molar-refractivity contribution is 5.49. The third-order valence-electron chi connectivity index (χ3n) is 3.68. The normalized spacial score (nSPS) is 17.8. The van der Waals surface area contributed by atoms with Gasteiger partial charge < -0.3 is 15.3 Å². The Morgan fingerprint density at radius 1 is 1.33 bits per heavy atom. The van der Waals surface area contributed by atoms with E-state index in [9.17, 15) is 18.3 Å². The zero-order valence-corrected chi connectivity index (χ0v) is 12.0. The molecular formula is C13H19F3N4O. The quantitative estimate of drug-likeness (QED) is 0.893. The minimum atomic E-state index is -4.60. The van der Waals surface area contributed by atoms with Gasteiger partial charge in [0, 0.05) is 26.7 Å². The molecule has 8 heteroatoms. The smallest absolute Gasteiger partial charge is 0.388 e. The standard InChI is InChI=1S/C13H19F3N4O/c1-17-9-7-10(19-11(18-9)13(14,15)16)20(2)8-12(21)5-3-4-6-12/h7,21H,3-6,8H2,1-2H3,(H,17,18,19). The van der Waals surface area contributed by atoms with Crippen LogP contribution in [-0.2, 0) is 6.18 Å². The Bertz CT molecular complexity index is 501. The van der Waals surface area contributed by atoms with Gasteiger partial charge in [-0.1, -0.05) is 12.8 Å². The van der Waals surface area contributed by atoms with Crippen molar-refractivity contribution in [2.45, 2.75) is 37.5 Å². The first-order valence-corrected chi connectivity index (χ1v) is 6.81. The molecule has 0 amide bonds. The Morgan fingerprint density at radius 3 is 2.48 bits per heavy atom. The van der Waals surface area contributed by atoms with Crippen LogP contribution in [0.15, 0.2) is 6.07 Å². The van der Waals surface area contributed by atoms with E-state index in [0.717, 1.165) is 12.8 Å². The van der Waals surface area contributed by atoms with Crippen molar-refractivity contribution in [3.8, 4) is 0 Å². The maximum atomic E-state index is 12.8. The first kappa shape index (κ1) is 15.8. The van der Waals surface area contributed by atoms with Gasteiger partial charge in [-0.25, -0.2) is 9.97 Å². The molecule has 1 saturated carbocycles. The second-order valence-corrected chi connectivity index (χ2v) is 5.47. The Morgan fingerprint density at radius 2 is 1.95 bits per heavy atom. The predicted molar refractivity (Wildman–Crippen MR) is 73.3 cm³/mol. The van der Waals surface area contributed by atoms with Gasteiger partial charge in [-0.15, -0.1) is 0 Å². The van der Waals surface area contributed by atoms with Gasteiger partial charge in [0.1, 0.15) is 11.6 Å². The Balaban J connectivity index is 2.25. The number of aromatic nitrogens is 2. The molecule has 0 aromatic carbocycles. The largest absolute Gasteiger partial charge is 0.451 e. The molecule has 0 unspecified atom stereocenters. The number of hydrogen-bond acceptors (Lipinski definition) is 5. The van der Waals surface area contributed by atoms with E-state index in [-0.39, 0.29) is 18.2 Å². The number of likely N-dealkylation sites (N-methyl/N-ethyl adjacent to an activating group) is 1. The molecule has 0 saturated heterocycles. The number of hydrogen-bond donors (Lipinski definition) is 2. The third-order valence-corrected chi connectivity index (χ3v) is 3.68. The third kappa shape index (κ3) is 3.75. The van der Waals surface area contributed by atoms with Crippen molar-refractivity contribution < 1.29 is 18.3 Å².